The molecule has 0 aliphatic heterocycles. The van der Waals surface area contributed by atoms with Crippen molar-refractivity contribution in [3.05, 3.63) is 70.8 Å². The first-order valence-electron chi connectivity index (χ1n) is 5.88. The number of aliphatic hydroxyl groups is 1. The van der Waals surface area contributed by atoms with E-state index in [4.69, 9.17) is 0 Å². The molecule has 2 aromatic rings. The van der Waals surface area contributed by atoms with Gasteiger partial charge >= 0.3 is 0 Å². The molecule has 2 rings (SSSR count). The molecule has 0 heterocycles. The minimum absolute atomic E-state index is 0.934. The van der Waals surface area contributed by atoms with Crippen LogP contribution in [0.3, 0.4) is 0 Å². The molecule has 2 aromatic carbocycles. The van der Waals surface area contributed by atoms with E-state index < -0.39 is 5.60 Å². The topological polar surface area (TPSA) is 20.2 Å². The van der Waals surface area contributed by atoms with Gasteiger partial charge in [-0.05, 0) is 43.0 Å². The molecule has 1 N–H and O–H groups in total. The Balaban J connectivity index is 2.58. The summed E-state index contributed by atoms with van der Waals surface area (Å²) in [5, 5.41) is 10.8. The van der Waals surface area contributed by atoms with E-state index in [0.29, 0.717) is 0 Å². The Kier molecular flexibility index (Phi) is 3.03. The molecule has 0 aliphatic carbocycles. The molecule has 0 unspecified atom stereocenters. The van der Waals surface area contributed by atoms with Crippen LogP contribution in [-0.2, 0) is 5.60 Å². The van der Waals surface area contributed by atoms with Crippen LogP contribution in [0.5, 0.6) is 0 Å². The third-order valence-electron chi connectivity index (χ3n) is 3.34. The van der Waals surface area contributed by atoms with E-state index in [-0.39, 0.29) is 0 Å². The summed E-state index contributed by atoms with van der Waals surface area (Å²) in [5.41, 5.74) is 3.22. The molecular weight excluding hydrogens is 208 g/mol. The third kappa shape index (κ3) is 2.11. The van der Waals surface area contributed by atoms with Gasteiger partial charge in [-0.1, -0.05) is 48.5 Å². The van der Waals surface area contributed by atoms with Crippen molar-refractivity contribution < 1.29 is 5.11 Å². The summed E-state index contributed by atoms with van der Waals surface area (Å²) in [7, 11) is 0. The minimum atomic E-state index is -0.934. The highest BCUT2D eigenvalue weighted by Crippen LogP contribution is 2.32. The Hall–Kier alpha value is -1.60. The maximum Gasteiger partial charge on any atom is 0.112 e. The van der Waals surface area contributed by atoms with Crippen LogP contribution in [-0.4, -0.2) is 5.11 Å². The van der Waals surface area contributed by atoms with Gasteiger partial charge in [-0.15, -0.1) is 0 Å². The van der Waals surface area contributed by atoms with Crippen molar-refractivity contribution in [1.82, 2.24) is 0 Å². The largest absolute Gasteiger partial charge is 0.381 e. The SMILES string of the molecule is Cc1ccccc1C(C)(O)c1ccccc1C. The smallest absolute Gasteiger partial charge is 0.112 e. The minimum Gasteiger partial charge on any atom is -0.381 e. The van der Waals surface area contributed by atoms with E-state index >= 15 is 0 Å². The van der Waals surface area contributed by atoms with Crippen LogP contribution in [0.2, 0.25) is 0 Å². The second-order valence-electron chi connectivity index (χ2n) is 4.70. The number of aryl methyl sites for hydroxylation is 2. The summed E-state index contributed by atoms with van der Waals surface area (Å²) in [5.74, 6) is 0. The van der Waals surface area contributed by atoms with Crippen LogP contribution < -0.4 is 0 Å². The van der Waals surface area contributed by atoms with E-state index in [9.17, 15) is 5.11 Å². The Morgan fingerprint density at radius 3 is 1.47 bits per heavy atom. The molecule has 0 amide bonds. The molecule has 0 saturated heterocycles. The summed E-state index contributed by atoms with van der Waals surface area (Å²) < 4.78 is 0. The van der Waals surface area contributed by atoms with Gasteiger partial charge in [0.1, 0.15) is 5.60 Å². The van der Waals surface area contributed by atoms with E-state index in [0.717, 1.165) is 22.3 Å². The van der Waals surface area contributed by atoms with E-state index in [1.165, 1.54) is 0 Å². The second kappa shape index (κ2) is 4.34. The fourth-order valence-corrected chi connectivity index (χ4v) is 2.38. The molecule has 1 nitrogen and oxygen atoms in total. The zero-order valence-electron chi connectivity index (χ0n) is 10.6. The van der Waals surface area contributed by atoms with Crippen LogP contribution in [0.4, 0.5) is 0 Å². The predicted octanol–water partition coefficient (Wildman–Crippen LogP) is 3.56. The normalized spacial score (nSPS) is 11.5. The lowest BCUT2D eigenvalue weighted by atomic mass is 9.83. The fourth-order valence-electron chi connectivity index (χ4n) is 2.38. The Morgan fingerprint density at radius 2 is 1.12 bits per heavy atom. The van der Waals surface area contributed by atoms with E-state index in [1.807, 2.05) is 69.3 Å². The van der Waals surface area contributed by atoms with Gasteiger partial charge in [-0.2, -0.15) is 0 Å². The van der Waals surface area contributed by atoms with Crippen molar-refractivity contribution in [2.45, 2.75) is 26.4 Å². The summed E-state index contributed by atoms with van der Waals surface area (Å²) >= 11 is 0. The van der Waals surface area contributed by atoms with E-state index in [1.54, 1.807) is 0 Å². The Bertz CT molecular complexity index is 479. The number of hydrogen-bond acceptors (Lipinski definition) is 1. The van der Waals surface area contributed by atoms with Gasteiger partial charge in [0.05, 0.1) is 0 Å². The molecule has 1 heteroatoms. The molecule has 0 bridgehead atoms. The van der Waals surface area contributed by atoms with Gasteiger partial charge in [-0.25, -0.2) is 0 Å². The average molecular weight is 226 g/mol. The van der Waals surface area contributed by atoms with Gasteiger partial charge < -0.3 is 5.11 Å². The van der Waals surface area contributed by atoms with Crippen molar-refractivity contribution in [1.29, 1.82) is 0 Å². The molecule has 0 aromatic heterocycles. The van der Waals surface area contributed by atoms with Crippen LogP contribution in [0.1, 0.15) is 29.2 Å². The van der Waals surface area contributed by atoms with Gasteiger partial charge in [0.15, 0.2) is 0 Å². The lowest BCUT2D eigenvalue weighted by molar-refractivity contribution is 0.101. The molecule has 17 heavy (non-hydrogen) atoms. The molecule has 88 valence electrons. The van der Waals surface area contributed by atoms with Gasteiger partial charge in [-0.3, -0.25) is 0 Å². The van der Waals surface area contributed by atoms with Gasteiger partial charge in [0, 0.05) is 0 Å². The Labute approximate surface area is 103 Å². The molecule has 0 aliphatic rings. The maximum absolute atomic E-state index is 10.8. The van der Waals surface area contributed by atoms with Crippen molar-refractivity contribution in [3.8, 4) is 0 Å². The van der Waals surface area contributed by atoms with Crippen LogP contribution in [0.15, 0.2) is 48.5 Å². The highest BCUT2D eigenvalue weighted by Gasteiger charge is 2.28. The number of rotatable bonds is 2. The highest BCUT2D eigenvalue weighted by molar-refractivity contribution is 5.42. The van der Waals surface area contributed by atoms with Crippen molar-refractivity contribution in [3.63, 3.8) is 0 Å². The zero-order valence-corrected chi connectivity index (χ0v) is 10.6. The van der Waals surface area contributed by atoms with E-state index in [2.05, 4.69) is 0 Å². The predicted molar refractivity (Wildman–Crippen MR) is 71.0 cm³/mol. The first-order valence-corrected chi connectivity index (χ1v) is 5.88. The second-order valence-corrected chi connectivity index (χ2v) is 4.70. The van der Waals surface area contributed by atoms with Crippen molar-refractivity contribution >= 4 is 0 Å². The first-order chi connectivity index (χ1) is 8.03. The van der Waals surface area contributed by atoms with Gasteiger partial charge in [0.2, 0.25) is 0 Å². The number of hydrogen-bond donors (Lipinski definition) is 1. The quantitative estimate of drug-likeness (QED) is 0.830. The fraction of sp³-hybridized carbons (Fsp3) is 0.250. The summed E-state index contributed by atoms with van der Waals surface area (Å²) in [6, 6.07) is 16.0. The van der Waals surface area contributed by atoms with Crippen LogP contribution in [0.25, 0.3) is 0 Å². The standard InChI is InChI=1S/C16H18O/c1-12-8-4-6-10-14(12)16(3,17)15-11-7-5-9-13(15)2/h4-11,17H,1-3H3. The maximum atomic E-state index is 10.8. The summed E-state index contributed by atoms with van der Waals surface area (Å²) in [4.78, 5) is 0. The van der Waals surface area contributed by atoms with Crippen LogP contribution >= 0.6 is 0 Å². The molecule has 0 radical (unpaired) electrons. The number of benzene rings is 2. The van der Waals surface area contributed by atoms with Crippen molar-refractivity contribution in [2.75, 3.05) is 0 Å². The van der Waals surface area contributed by atoms with Gasteiger partial charge in [0.25, 0.3) is 0 Å². The molecule has 0 fully saturated rings. The van der Waals surface area contributed by atoms with Crippen LogP contribution in [0, 0.1) is 13.8 Å². The third-order valence-corrected chi connectivity index (χ3v) is 3.34. The summed E-state index contributed by atoms with van der Waals surface area (Å²) in [6.07, 6.45) is 0. The molecule has 0 saturated carbocycles. The molecular formula is C16H18O. The average Bonchev–Trinajstić information content (AvgIpc) is 2.29. The first kappa shape index (κ1) is 11.9. The monoisotopic (exact) mass is 226 g/mol. The lowest BCUT2D eigenvalue weighted by Gasteiger charge is -2.27. The lowest BCUT2D eigenvalue weighted by Crippen LogP contribution is -2.25. The Morgan fingerprint density at radius 1 is 0.765 bits per heavy atom. The highest BCUT2D eigenvalue weighted by atomic mass is 16.3. The summed E-state index contributed by atoms with van der Waals surface area (Å²) in [6.45, 7) is 5.92. The zero-order chi connectivity index (χ0) is 12.5. The molecule has 0 spiro atoms. The van der Waals surface area contributed by atoms with Crippen molar-refractivity contribution in [2.24, 2.45) is 0 Å². The molecule has 0 atom stereocenters.